The highest BCUT2D eigenvalue weighted by Gasteiger charge is 2.39. The first-order valence-corrected chi connectivity index (χ1v) is 10.1. The average molecular weight is 419 g/mol. The molecule has 0 bridgehead atoms. The second kappa shape index (κ2) is 9.65. The van der Waals surface area contributed by atoms with Crippen LogP contribution < -0.4 is 14.2 Å². The molecule has 2 amide bonds. The van der Waals surface area contributed by atoms with Crippen LogP contribution in [0.25, 0.3) is 0 Å². The number of thioether (sulfide) groups is 1. The standard InChI is InChI=1S/C21H22FNO5S/c1-3-27-17-9-4-14(12-18(17)26-2)13-19-20(24)23(21(25)29-19)10-11-28-16-7-5-15(22)6-8-16/h4-9,12,19H,3,10-11,13H2,1-2H3/t19-/m1/s1. The molecule has 154 valence electrons. The van der Waals surface area contributed by atoms with E-state index in [0.29, 0.717) is 30.3 Å². The molecule has 0 unspecified atom stereocenters. The molecule has 1 aliphatic heterocycles. The molecule has 0 saturated carbocycles. The van der Waals surface area contributed by atoms with Gasteiger partial charge in [-0.3, -0.25) is 14.5 Å². The van der Waals surface area contributed by atoms with E-state index in [2.05, 4.69) is 0 Å². The van der Waals surface area contributed by atoms with Crippen molar-refractivity contribution < 1.29 is 28.2 Å². The molecule has 8 heteroatoms. The maximum atomic E-state index is 12.9. The van der Waals surface area contributed by atoms with E-state index in [4.69, 9.17) is 14.2 Å². The minimum absolute atomic E-state index is 0.144. The van der Waals surface area contributed by atoms with Crippen molar-refractivity contribution in [2.45, 2.75) is 18.6 Å². The van der Waals surface area contributed by atoms with Gasteiger partial charge in [-0.1, -0.05) is 17.8 Å². The SMILES string of the molecule is CCOc1ccc(C[C@H]2SC(=O)N(CCOc3ccc(F)cc3)C2=O)cc1OC. The van der Waals surface area contributed by atoms with Crippen LogP contribution in [-0.2, 0) is 11.2 Å². The Bertz CT molecular complexity index is 874. The van der Waals surface area contributed by atoms with Crippen LogP contribution in [0.3, 0.4) is 0 Å². The van der Waals surface area contributed by atoms with Gasteiger partial charge in [0.05, 0.1) is 25.5 Å². The smallest absolute Gasteiger partial charge is 0.289 e. The molecule has 6 nitrogen and oxygen atoms in total. The third-order valence-corrected chi connectivity index (χ3v) is 5.43. The number of halogens is 1. The Morgan fingerprint density at radius 1 is 1.07 bits per heavy atom. The van der Waals surface area contributed by atoms with Gasteiger partial charge < -0.3 is 14.2 Å². The predicted molar refractivity (Wildman–Crippen MR) is 108 cm³/mol. The summed E-state index contributed by atoms with van der Waals surface area (Å²) in [6, 6.07) is 11.1. The number of benzene rings is 2. The van der Waals surface area contributed by atoms with E-state index in [-0.39, 0.29) is 30.1 Å². The van der Waals surface area contributed by atoms with E-state index in [9.17, 15) is 14.0 Å². The summed E-state index contributed by atoms with van der Waals surface area (Å²) < 4.78 is 29.2. The lowest BCUT2D eigenvalue weighted by molar-refractivity contribution is -0.126. The van der Waals surface area contributed by atoms with Gasteiger partial charge in [-0.25, -0.2) is 4.39 Å². The number of nitrogens with zero attached hydrogens (tertiary/aromatic N) is 1. The van der Waals surface area contributed by atoms with E-state index in [0.717, 1.165) is 17.3 Å². The summed E-state index contributed by atoms with van der Waals surface area (Å²) >= 11 is 1.01. The van der Waals surface area contributed by atoms with Crippen LogP contribution in [0.5, 0.6) is 17.2 Å². The quantitative estimate of drug-likeness (QED) is 0.614. The Morgan fingerprint density at radius 2 is 1.83 bits per heavy atom. The fourth-order valence-electron chi connectivity index (χ4n) is 2.94. The van der Waals surface area contributed by atoms with Gasteiger partial charge in [-0.2, -0.15) is 0 Å². The number of imide groups is 1. The van der Waals surface area contributed by atoms with Crippen molar-refractivity contribution in [2.24, 2.45) is 0 Å². The van der Waals surface area contributed by atoms with Crippen LogP contribution in [0, 0.1) is 5.82 Å². The molecule has 1 fully saturated rings. The van der Waals surface area contributed by atoms with Crippen molar-refractivity contribution in [3.05, 3.63) is 53.8 Å². The van der Waals surface area contributed by atoms with Gasteiger partial charge in [0.15, 0.2) is 11.5 Å². The lowest BCUT2D eigenvalue weighted by atomic mass is 10.1. The van der Waals surface area contributed by atoms with Crippen molar-refractivity contribution in [3.8, 4) is 17.2 Å². The molecular weight excluding hydrogens is 397 g/mol. The summed E-state index contributed by atoms with van der Waals surface area (Å²) in [6.07, 6.45) is 0.410. The second-order valence-corrected chi connectivity index (χ2v) is 7.44. The van der Waals surface area contributed by atoms with Gasteiger partial charge in [0, 0.05) is 0 Å². The molecule has 1 aliphatic rings. The van der Waals surface area contributed by atoms with E-state index in [1.54, 1.807) is 13.2 Å². The highest BCUT2D eigenvalue weighted by Crippen LogP contribution is 2.33. The van der Waals surface area contributed by atoms with Crippen LogP contribution in [-0.4, -0.2) is 48.2 Å². The van der Waals surface area contributed by atoms with E-state index in [1.807, 2.05) is 19.1 Å². The molecule has 2 aromatic rings. The first-order chi connectivity index (χ1) is 14.0. The lowest BCUT2D eigenvalue weighted by Crippen LogP contribution is -2.35. The number of hydrogen-bond donors (Lipinski definition) is 0. The first-order valence-electron chi connectivity index (χ1n) is 9.22. The fraction of sp³-hybridized carbons (Fsp3) is 0.333. The number of carbonyl (C=O) groups is 2. The van der Waals surface area contributed by atoms with Crippen molar-refractivity contribution in [2.75, 3.05) is 26.9 Å². The van der Waals surface area contributed by atoms with E-state index >= 15 is 0 Å². The normalized spacial score (nSPS) is 16.2. The minimum atomic E-state index is -0.490. The first kappa shape index (κ1) is 21.0. The van der Waals surface area contributed by atoms with Crippen molar-refractivity contribution in [1.82, 2.24) is 4.90 Å². The van der Waals surface area contributed by atoms with Gasteiger partial charge in [-0.15, -0.1) is 0 Å². The van der Waals surface area contributed by atoms with Gasteiger partial charge in [0.1, 0.15) is 18.2 Å². The average Bonchev–Trinajstić information content (AvgIpc) is 2.98. The molecule has 1 saturated heterocycles. The summed E-state index contributed by atoms with van der Waals surface area (Å²) in [6.45, 7) is 2.70. The van der Waals surface area contributed by atoms with Crippen LogP contribution >= 0.6 is 11.8 Å². The monoisotopic (exact) mass is 419 g/mol. The Labute approximate surface area is 172 Å². The highest BCUT2D eigenvalue weighted by atomic mass is 32.2. The van der Waals surface area contributed by atoms with Crippen LogP contribution in [0.2, 0.25) is 0 Å². The topological polar surface area (TPSA) is 65.1 Å². The third kappa shape index (κ3) is 5.20. The fourth-order valence-corrected chi connectivity index (χ4v) is 4.00. The maximum Gasteiger partial charge on any atom is 0.289 e. The zero-order chi connectivity index (χ0) is 20.8. The summed E-state index contributed by atoms with van der Waals surface area (Å²) in [5.74, 6) is 1.12. The highest BCUT2D eigenvalue weighted by molar-refractivity contribution is 8.15. The number of amides is 2. The predicted octanol–water partition coefficient (Wildman–Crippen LogP) is 3.92. The summed E-state index contributed by atoms with van der Waals surface area (Å²) in [7, 11) is 1.56. The van der Waals surface area contributed by atoms with Crippen LogP contribution in [0.4, 0.5) is 9.18 Å². The van der Waals surface area contributed by atoms with Crippen molar-refractivity contribution in [1.29, 1.82) is 0 Å². The summed E-state index contributed by atoms with van der Waals surface area (Å²) in [4.78, 5) is 26.1. The molecule has 0 N–H and O–H groups in total. The Kier molecular flexibility index (Phi) is 6.98. The molecule has 0 spiro atoms. The number of rotatable bonds is 9. The van der Waals surface area contributed by atoms with Crippen molar-refractivity contribution >= 4 is 22.9 Å². The molecular formula is C21H22FNO5S. The van der Waals surface area contributed by atoms with E-state index in [1.165, 1.54) is 29.2 Å². The van der Waals surface area contributed by atoms with Gasteiger partial charge in [0.25, 0.3) is 5.24 Å². The molecule has 0 aliphatic carbocycles. The number of carbonyl (C=O) groups excluding carboxylic acids is 2. The van der Waals surface area contributed by atoms with Crippen LogP contribution in [0.1, 0.15) is 12.5 Å². The molecule has 0 aromatic heterocycles. The third-order valence-electron chi connectivity index (χ3n) is 4.35. The minimum Gasteiger partial charge on any atom is -0.493 e. The zero-order valence-electron chi connectivity index (χ0n) is 16.2. The van der Waals surface area contributed by atoms with Crippen LogP contribution in [0.15, 0.2) is 42.5 Å². The molecule has 1 atom stereocenters. The van der Waals surface area contributed by atoms with E-state index < -0.39 is 5.25 Å². The summed E-state index contributed by atoms with van der Waals surface area (Å²) in [5.41, 5.74) is 0.883. The molecule has 29 heavy (non-hydrogen) atoms. The molecule has 0 radical (unpaired) electrons. The van der Waals surface area contributed by atoms with Crippen molar-refractivity contribution in [3.63, 3.8) is 0 Å². The Morgan fingerprint density at radius 3 is 2.52 bits per heavy atom. The number of ether oxygens (including phenoxy) is 3. The van der Waals surface area contributed by atoms with Gasteiger partial charge in [-0.05, 0) is 55.3 Å². The molecule has 2 aromatic carbocycles. The summed E-state index contributed by atoms with van der Waals surface area (Å²) in [5, 5.41) is -0.781. The Balaban J connectivity index is 1.57. The Hall–Kier alpha value is -2.74. The molecule has 3 rings (SSSR count). The largest absolute Gasteiger partial charge is 0.493 e. The van der Waals surface area contributed by atoms with Gasteiger partial charge in [0.2, 0.25) is 5.91 Å². The van der Waals surface area contributed by atoms with Gasteiger partial charge >= 0.3 is 0 Å². The second-order valence-electron chi connectivity index (χ2n) is 6.29. The number of hydrogen-bond acceptors (Lipinski definition) is 6. The molecule has 1 heterocycles. The zero-order valence-corrected chi connectivity index (χ0v) is 17.0. The number of methoxy groups -OCH3 is 1. The lowest BCUT2D eigenvalue weighted by Gasteiger charge is -2.15. The maximum absolute atomic E-state index is 12.9.